The molecular weight excluding hydrogens is 118 g/mol. The van der Waals surface area contributed by atoms with Crippen LogP contribution in [0.15, 0.2) is 4.52 Å². The Balaban J connectivity index is 2.93. The van der Waals surface area contributed by atoms with Gasteiger partial charge in [-0.25, -0.2) is 0 Å². The Kier molecular flexibility index (Phi) is 1.36. The zero-order chi connectivity index (χ0) is 6.69. The van der Waals surface area contributed by atoms with E-state index in [1.807, 2.05) is 0 Å². The van der Waals surface area contributed by atoms with E-state index in [0.717, 1.165) is 0 Å². The maximum Gasteiger partial charge on any atom is 0.304 e. The largest absolute Gasteiger partial charge is 0.359 e. The second kappa shape index (κ2) is 2.18. The predicted molar refractivity (Wildman–Crippen MR) is 30.1 cm³/mol. The van der Waals surface area contributed by atoms with Crippen molar-refractivity contribution in [3.05, 3.63) is 11.7 Å². The van der Waals surface area contributed by atoms with E-state index < -0.39 is 0 Å². The molecule has 1 heterocycles. The van der Waals surface area contributed by atoms with E-state index in [4.69, 9.17) is 5.73 Å². The van der Waals surface area contributed by atoms with Crippen molar-refractivity contribution >= 4 is 0 Å². The van der Waals surface area contributed by atoms with Crippen LogP contribution in [-0.4, -0.2) is 10.1 Å². The van der Waals surface area contributed by atoms with Gasteiger partial charge in [0.15, 0.2) is 5.82 Å². The van der Waals surface area contributed by atoms with Crippen LogP contribution in [0, 0.1) is 18.9 Å². The van der Waals surface area contributed by atoms with Crippen molar-refractivity contribution < 1.29 is 4.52 Å². The number of aromatic nitrogens is 2. The molecule has 0 aliphatic rings. The van der Waals surface area contributed by atoms with Crippen molar-refractivity contribution in [3.8, 4) is 12.0 Å². The molecule has 0 amide bonds. The Morgan fingerprint density at radius 1 is 1.67 bits per heavy atom. The Morgan fingerprint density at radius 2 is 2.44 bits per heavy atom. The second-order valence-electron chi connectivity index (χ2n) is 1.42. The Hall–Kier alpha value is -1.50. The minimum absolute atomic E-state index is 0.259. The van der Waals surface area contributed by atoms with Gasteiger partial charge in [-0.3, -0.25) is 0 Å². The molecule has 0 aliphatic carbocycles. The molecule has 0 atom stereocenters. The zero-order valence-corrected chi connectivity index (χ0v) is 4.88. The predicted octanol–water partition coefficient (Wildman–Crippen LogP) is -0.354. The SMILES string of the molecule is Cc1noc(C#CN)n1. The van der Waals surface area contributed by atoms with Gasteiger partial charge in [0.2, 0.25) is 0 Å². The maximum atomic E-state index is 4.88. The zero-order valence-electron chi connectivity index (χ0n) is 4.88. The summed E-state index contributed by atoms with van der Waals surface area (Å²) in [7, 11) is 0. The van der Waals surface area contributed by atoms with Gasteiger partial charge in [0, 0.05) is 12.0 Å². The summed E-state index contributed by atoms with van der Waals surface area (Å²) in [5.74, 6) is 3.24. The van der Waals surface area contributed by atoms with E-state index in [9.17, 15) is 0 Å². The minimum atomic E-state index is 0.259. The molecule has 1 aromatic rings. The van der Waals surface area contributed by atoms with Crippen LogP contribution < -0.4 is 5.73 Å². The molecule has 1 aromatic heterocycles. The van der Waals surface area contributed by atoms with Crippen molar-refractivity contribution in [2.75, 3.05) is 0 Å². The first-order valence-electron chi connectivity index (χ1n) is 2.35. The van der Waals surface area contributed by atoms with Gasteiger partial charge in [-0.15, -0.1) is 0 Å². The molecule has 1 rings (SSSR count). The van der Waals surface area contributed by atoms with Gasteiger partial charge < -0.3 is 10.3 Å². The third kappa shape index (κ3) is 1.19. The van der Waals surface area contributed by atoms with E-state index in [1.54, 1.807) is 6.92 Å². The fourth-order valence-electron chi connectivity index (χ4n) is 0.410. The number of hydrogen-bond acceptors (Lipinski definition) is 4. The van der Waals surface area contributed by atoms with Gasteiger partial charge in [0.05, 0.1) is 0 Å². The third-order valence-electron chi connectivity index (χ3n) is 0.707. The fourth-order valence-corrected chi connectivity index (χ4v) is 0.410. The van der Waals surface area contributed by atoms with Crippen LogP contribution in [0.4, 0.5) is 0 Å². The van der Waals surface area contributed by atoms with Gasteiger partial charge in [-0.2, -0.15) is 4.98 Å². The molecule has 0 aliphatic heterocycles. The van der Waals surface area contributed by atoms with E-state index in [-0.39, 0.29) is 5.89 Å². The third-order valence-corrected chi connectivity index (χ3v) is 0.707. The molecule has 0 saturated carbocycles. The minimum Gasteiger partial charge on any atom is -0.359 e. The lowest BCUT2D eigenvalue weighted by molar-refractivity contribution is 0.403. The summed E-state index contributed by atoms with van der Waals surface area (Å²) < 4.78 is 4.59. The molecule has 4 nitrogen and oxygen atoms in total. The van der Waals surface area contributed by atoms with Crippen LogP contribution in [0.2, 0.25) is 0 Å². The number of rotatable bonds is 0. The molecule has 0 aromatic carbocycles. The number of nitrogens with zero attached hydrogens (tertiary/aromatic N) is 2. The first kappa shape index (κ1) is 5.63. The molecule has 9 heavy (non-hydrogen) atoms. The lowest BCUT2D eigenvalue weighted by atomic mass is 10.6. The Morgan fingerprint density at radius 3 is 2.89 bits per heavy atom. The molecule has 0 unspecified atom stereocenters. The molecule has 0 saturated heterocycles. The van der Waals surface area contributed by atoms with Gasteiger partial charge in [-0.05, 0) is 6.92 Å². The molecule has 4 heteroatoms. The van der Waals surface area contributed by atoms with E-state index in [1.165, 1.54) is 0 Å². The first-order chi connectivity index (χ1) is 4.33. The standard InChI is InChI=1S/C5H5N3O/c1-4-7-5(2-3-6)9-8-4/h6H2,1H3. The Bertz CT molecular complexity index is 255. The topological polar surface area (TPSA) is 64.9 Å². The van der Waals surface area contributed by atoms with E-state index in [2.05, 4.69) is 26.6 Å². The number of nitrogens with two attached hydrogens (primary N) is 1. The van der Waals surface area contributed by atoms with Gasteiger partial charge in [0.25, 0.3) is 0 Å². The molecule has 0 spiro atoms. The van der Waals surface area contributed by atoms with E-state index >= 15 is 0 Å². The quantitative estimate of drug-likeness (QED) is 0.378. The van der Waals surface area contributed by atoms with Crippen LogP contribution in [-0.2, 0) is 0 Å². The molecular formula is C5H5N3O. The van der Waals surface area contributed by atoms with Crippen LogP contribution in [0.3, 0.4) is 0 Å². The van der Waals surface area contributed by atoms with Crippen molar-refractivity contribution in [2.24, 2.45) is 5.73 Å². The monoisotopic (exact) mass is 123 g/mol. The normalized spacial score (nSPS) is 8.11. The van der Waals surface area contributed by atoms with Crippen LogP contribution in [0.25, 0.3) is 0 Å². The highest BCUT2D eigenvalue weighted by Crippen LogP contribution is 1.90. The summed E-state index contributed by atoms with van der Waals surface area (Å²) in [5.41, 5.74) is 4.88. The molecule has 2 N–H and O–H groups in total. The average Bonchev–Trinajstić information content (AvgIpc) is 2.17. The van der Waals surface area contributed by atoms with Crippen molar-refractivity contribution in [1.29, 1.82) is 0 Å². The maximum absolute atomic E-state index is 4.88. The lowest BCUT2D eigenvalue weighted by Gasteiger charge is -1.66. The Labute approximate surface area is 52.1 Å². The summed E-state index contributed by atoms with van der Waals surface area (Å²) in [6.45, 7) is 1.71. The highest BCUT2D eigenvalue weighted by atomic mass is 16.5. The summed E-state index contributed by atoms with van der Waals surface area (Å²) in [5, 5.41) is 3.49. The molecule has 0 radical (unpaired) electrons. The van der Waals surface area contributed by atoms with Crippen LogP contribution >= 0.6 is 0 Å². The van der Waals surface area contributed by atoms with Crippen LogP contribution in [0.5, 0.6) is 0 Å². The number of aryl methyl sites for hydroxylation is 1. The van der Waals surface area contributed by atoms with Crippen molar-refractivity contribution in [1.82, 2.24) is 10.1 Å². The highest BCUT2D eigenvalue weighted by Gasteiger charge is 1.94. The smallest absolute Gasteiger partial charge is 0.304 e. The lowest BCUT2D eigenvalue weighted by Crippen LogP contribution is -1.79. The van der Waals surface area contributed by atoms with Gasteiger partial charge >= 0.3 is 5.89 Å². The van der Waals surface area contributed by atoms with Crippen molar-refractivity contribution in [3.63, 3.8) is 0 Å². The first-order valence-corrected chi connectivity index (χ1v) is 2.35. The number of hydrogen-bond donors (Lipinski definition) is 1. The van der Waals surface area contributed by atoms with Crippen LogP contribution in [0.1, 0.15) is 11.7 Å². The fraction of sp³-hybridized carbons (Fsp3) is 0.200. The second-order valence-corrected chi connectivity index (χ2v) is 1.42. The van der Waals surface area contributed by atoms with Gasteiger partial charge in [0.1, 0.15) is 0 Å². The van der Waals surface area contributed by atoms with Gasteiger partial charge in [-0.1, -0.05) is 5.16 Å². The summed E-state index contributed by atoms with van der Waals surface area (Å²) >= 11 is 0. The molecule has 0 bridgehead atoms. The molecule has 0 fully saturated rings. The average molecular weight is 123 g/mol. The summed E-state index contributed by atoms with van der Waals surface area (Å²) in [6, 6.07) is 2.15. The molecule has 46 valence electrons. The van der Waals surface area contributed by atoms with E-state index in [0.29, 0.717) is 5.82 Å². The summed E-state index contributed by atoms with van der Waals surface area (Å²) in [6.07, 6.45) is 0. The summed E-state index contributed by atoms with van der Waals surface area (Å²) in [4.78, 5) is 3.77. The van der Waals surface area contributed by atoms with Crippen molar-refractivity contribution in [2.45, 2.75) is 6.92 Å². The highest BCUT2D eigenvalue weighted by molar-refractivity contribution is 5.14.